The Morgan fingerprint density at radius 3 is 1.79 bits per heavy atom. The van der Waals surface area contributed by atoms with Crippen LogP contribution in [-0.2, 0) is 12.8 Å². The van der Waals surface area contributed by atoms with E-state index in [-0.39, 0.29) is 0 Å². The number of hydrogen-bond acceptors (Lipinski definition) is 0. The average molecular weight is 661 g/mol. The summed E-state index contributed by atoms with van der Waals surface area (Å²) in [6.45, 7) is 0. The molecule has 0 aromatic heterocycles. The first-order valence-electron chi connectivity index (χ1n) is 18.6. The summed E-state index contributed by atoms with van der Waals surface area (Å²) >= 11 is 0. The van der Waals surface area contributed by atoms with Gasteiger partial charge in [0.1, 0.15) is 0 Å². The highest BCUT2D eigenvalue weighted by atomic mass is 14.3. The van der Waals surface area contributed by atoms with Crippen LogP contribution in [0.2, 0.25) is 0 Å². The van der Waals surface area contributed by atoms with Gasteiger partial charge in [-0.2, -0.15) is 0 Å². The molecule has 2 unspecified atom stereocenters. The Bertz CT molecular complexity index is 2790. The number of rotatable bonds is 4. The first kappa shape index (κ1) is 29.5. The van der Waals surface area contributed by atoms with Gasteiger partial charge in [-0.25, -0.2) is 0 Å². The summed E-state index contributed by atoms with van der Waals surface area (Å²) < 4.78 is 0. The maximum atomic E-state index is 2.51. The van der Waals surface area contributed by atoms with Gasteiger partial charge in [-0.15, -0.1) is 0 Å². The summed E-state index contributed by atoms with van der Waals surface area (Å²) in [7, 11) is 0. The molecule has 0 N–H and O–H groups in total. The lowest BCUT2D eigenvalue weighted by atomic mass is 9.83. The number of fused-ring (bicyclic) bond motifs is 8. The average Bonchev–Trinajstić information content (AvgIpc) is 3.77. The quantitative estimate of drug-likeness (QED) is 0.165. The molecule has 3 aliphatic rings. The van der Waals surface area contributed by atoms with E-state index >= 15 is 0 Å². The first-order chi connectivity index (χ1) is 25.8. The Hall–Kier alpha value is -6.24. The third-order valence-corrected chi connectivity index (χ3v) is 11.9. The summed E-state index contributed by atoms with van der Waals surface area (Å²) in [5.41, 5.74) is 18.7. The van der Waals surface area contributed by atoms with Gasteiger partial charge < -0.3 is 0 Å². The summed E-state index contributed by atoms with van der Waals surface area (Å²) in [4.78, 5) is 0. The molecule has 0 heteroatoms. The first-order valence-corrected chi connectivity index (χ1v) is 18.6. The molecule has 244 valence electrons. The Labute approximate surface area is 305 Å². The molecule has 0 spiro atoms. The second-order valence-corrected chi connectivity index (χ2v) is 14.8. The highest BCUT2D eigenvalue weighted by Gasteiger charge is 2.31. The highest BCUT2D eigenvalue weighted by Crippen LogP contribution is 2.49. The predicted octanol–water partition coefficient (Wildman–Crippen LogP) is 13.6. The fourth-order valence-corrected chi connectivity index (χ4v) is 9.57. The van der Waals surface area contributed by atoms with Crippen LogP contribution in [0.1, 0.15) is 28.2 Å². The third kappa shape index (κ3) is 4.54. The molecular formula is C52H36. The maximum absolute atomic E-state index is 2.51. The van der Waals surface area contributed by atoms with Crippen LogP contribution in [0.3, 0.4) is 0 Å². The largest absolute Gasteiger partial charge is 0.0802 e. The summed E-state index contributed by atoms with van der Waals surface area (Å²) in [5.74, 6) is 1.04. The Balaban J connectivity index is 1.18. The van der Waals surface area contributed by atoms with Gasteiger partial charge in [0.05, 0.1) is 0 Å². The summed E-state index contributed by atoms with van der Waals surface area (Å²) in [5, 5.41) is 5.20. The fourth-order valence-electron chi connectivity index (χ4n) is 9.57. The van der Waals surface area contributed by atoms with Crippen LogP contribution >= 0.6 is 0 Å². The third-order valence-electron chi connectivity index (χ3n) is 11.9. The van der Waals surface area contributed by atoms with Crippen molar-refractivity contribution in [2.45, 2.75) is 18.8 Å². The van der Waals surface area contributed by atoms with Crippen molar-refractivity contribution in [2.24, 2.45) is 5.92 Å². The highest BCUT2D eigenvalue weighted by molar-refractivity contribution is 6.22. The van der Waals surface area contributed by atoms with Crippen molar-refractivity contribution in [1.29, 1.82) is 0 Å². The number of hydrogen-bond donors (Lipinski definition) is 0. The molecule has 8 aromatic rings. The number of allylic oxidation sites excluding steroid dienone is 4. The monoisotopic (exact) mass is 660 g/mol. The van der Waals surface area contributed by atoms with Crippen LogP contribution in [0.4, 0.5) is 0 Å². The normalized spacial score (nSPS) is 16.5. The molecule has 52 heavy (non-hydrogen) atoms. The predicted molar refractivity (Wildman–Crippen MR) is 220 cm³/mol. The molecular weight excluding hydrogens is 625 g/mol. The second-order valence-electron chi connectivity index (χ2n) is 14.8. The van der Waals surface area contributed by atoms with Gasteiger partial charge in [0.15, 0.2) is 0 Å². The number of benzene rings is 8. The molecule has 0 saturated heterocycles. The second kappa shape index (κ2) is 11.7. The van der Waals surface area contributed by atoms with Gasteiger partial charge in [-0.05, 0) is 124 Å². The molecule has 0 radical (unpaired) electrons. The van der Waals surface area contributed by atoms with E-state index < -0.39 is 0 Å². The van der Waals surface area contributed by atoms with Gasteiger partial charge >= 0.3 is 0 Å². The van der Waals surface area contributed by atoms with E-state index in [1.165, 1.54) is 99.4 Å². The van der Waals surface area contributed by atoms with E-state index in [9.17, 15) is 0 Å². The standard InChI is InChI=1S/C52H36/c1-2-12-33(13-3-1)41-16-8-9-19-44(41)36-22-27-49-50(32-36)52(38-24-26-46-40(31-38)29-35-15-5-7-18-43(35)46)48-21-11-10-20-47(48)51(49)37-23-25-45-39(30-37)28-34-14-4-6-17-42(34)45/h1-27,30-32,35,43H,28-29H2. The zero-order valence-corrected chi connectivity index (χ0v) is 28.9. The molecule has 11 rings (SSSR count). The van der Waals surface area contributed by atoms with E-state index in [0.717, 1.165) is 12.8 Å². The van der Waals surface area contributed by atoms with Crippen molar-refractivity contribution in [3.05, 3.63) is 204 Å². The van der Waals surface area contributed by atoms with Gasteiger partial charge in [-0.1, -0.05) is 176 Å². The smallest absolute Gasteiger partial charge is 0.00899 e. The van der Waals surface area contributed by atoms with Crippen molar-refractivity contribution in [1.82, 2.24) is 0 Å². The van der Waals surface area contributed by atoms with Gasteiger partial charge in [0.2, 0.25) is 0 Å². The lowest BCUT2D eigenvalue weighted by molar-refractivity contribution is 0.630. The minimum atomic E-state index is 0.483. The van der Waals surface area contributed by atoms with Crippen molar-refractivity contribution in [2.75, 3.05) is 0 Å². The van der Waals surface area contributed by atoms with Crippen LogP contribution in [0.5, 0.6) is 0 Å². The Kier molecular flexibility index (Phi) is 6.61. The van der Waals surface area contributed by atoms with E-state index in [1.807, 2.05) is 0 Å². The molecule has 2 atom stereocenters. The van der Waals surface area contributed by atoms with Crippen molar-refractivity contribution >= 4 is 21.5 Å². The molecule has 0 aliphatic heterocycles. The van der Waals surface area contributed by atoms with Crippen LogP contribution in [0, 0.1) is 5.92 Å². The minimum Gasteiger partial charge on any atom is -0.0802 e. The van der Waals surface area contributed by atoms with Gasteiger partial charge in [0, 0.05) is 5.92 Å². The molecule has 0 bridgehead atoms. The summed E-state index contributed by atoms with van der Waals surface area (Å²) in [6, 6.07) is 59.4. The van der Waals surface area contributed by atoms with E-state index in [4.69, 9.17) is 0 Å². The van der Waals surface area contributed by atoms with E-state index in [0.29, 0.717) is 11.8 Å². The van der Waals surface area contributed by atoms with Crippen LogP contribution < -0.4 is 0 Å². The molecule has 0 nitrogen and oxygen atoms in total. The molecule has 3 aliphatic carbocycles. The van der Waals surface area contributed by atoms with Crippen LogP contribution in [0.25, 0.3) is 77.2 Å². The summed E-state index contributed by atoms with van der Waals surface area (Å²) in [6.07, 6.45) is 11.3. The van der Waals surface area contributed by atoms with Crippen LogP contribution in [0.15, 0.2) is 182 Å². The van der Waals surface area contributed by atoms with Gasteiger partial charge in [0.25, 0.3) is 0 Å². The minimum absolute atomic E-state index is 0.483. The molecule has 0 saturated carbocycles. The van der Waals surface area contributed by atoms with E-state index in [2.05, 4.69) is 182 Å². The molecule has 0 fully saturated rings. The SMILES string of the molecule is C1=CC2Cc3cc(-c4c5ccccc5c(-c5ccc6c(c5)Cc5ccccc5-6)c5ccc(-c6ccccc6-c6ccccc6)cc45)ccc3C2C=C1. The zero-order chi connectivity index (χ0) is 34.2. The zero-order valence-electron chi connectivity index (χ0n) is 28.9. The maximum Gasteiger partial charge on any atom is 0.00899 e. The molecule has 0 amide bonds. The van der Waals surface area contributed by atoms with Crippen LogP contribution in [-0.4, -0.2) is 0 Å². The van der Waals surface area contributed by atoms with Crippen molar-refractivity contribution in [3.63, 3.8) is 0 Å². The molecule has 0 heterocycles. The lowest BCUT2D eigenvalue weighted by Gasteiger charge is -2.20. The fraction of sp³-hybridized carbons (Fsp3) is 0.0769. The Morgan fingerprint density at radius 2 is 0.962 bits per heavy atom. The molecule has 8 aromatic carbocycles. The Morgan fingerprint density at radius 1 is 0.365 bits per heavy atom. The topological polar surface area (TPSA) is 0 Å². The van der Waals surface area contributed by atoms with Crippen molar-refractivity contribution < 1.29 is 0 Å². The van der Waals surface area contributed by atoms with Crippen molar-refractivity contribution in [3.8, 4) is 55.6 Å². The lowest BCUT2D eigenvalue weighted by Crippen LogP contribution is -2.04. The van der Waals surface area contributed by atoms with E-state index in [1.54, 1.807) is 0 Å². The van der Waals surface area contributed by atoms with Gasteiger partial charge in [-0.3, -0.25) is 0 Å².